The Balaban J connectivity index is 1.38. The minimum absolute atomic E-state index is 0.0336. The van der Waals surface area contributed by atoms with Crippen LogP contribution in [0.4, 0.5) is 0 Å². The van der Waals surface area contributed by atoms with Crippen LogP contribution in [0.25, 0.3) is 11.0 Å². The van der Waals surface area contributed by atoms with E-state index in [1.165, 1.54) is 0 Å². The molecule has 2 atom stereocenters. The van der Waals surface area contributed by atoms with Gasteiger partial charge in [0.05, 0.1) is 23.6 Å². The van der Waals surface area contributed by atoms with Crippen LogP contribution in [-0.4, -0.2) is 33.5 Å². The molecule has 0 aliphatic carbocycles. The number of imidazole rings is 1. The van der Waals surface area contributed by atoms with Crippen molar-refractivity contribution in [2.24, 2.45) is 0 Å². The number of hydrogen-bond donors (Lipinski definition) is 0. The number of amides is 1. The largest absolute Gasteiger partial charge is 0.492 e. The Morgan fingerprint density at radius 2 is 1.74 bits per heavy atom. The number of aryl methyl sites for hydroxylation is 2. The number of fused-ring (bicyclic) bond motifs is 1. The van der Waals surface area contributed by atoms with E-state index in [-0.39, 0.29) is 17.9 Å². The fourth-order valence-electron chi connectivity index (χ4n) is 5.08. The Labute approximate surface area is 211 Å². The number of ether oxygens (including phenoxy) is 1. The van der Waals surface area contributed by atoms with Crippen molar-refractivity contribution in [3.8, 4) is 5.75 Å². The summed E-state index contributed by atoms with van der Waals surface area (Å²) in [5, 5.41) is 0.778. The number of likely N-dealkylation sites (tertiary alicyclic amines) is 1. The molecule has 1 aliphatic heterocycles. The molecule has 4 aromatic rings. The number of benzene rings is 3. The van der Waals surface area contributed by atoms with Crippen LogP contribution >= 0.6 is 11.6 Å². The molecule has 0 spiro atoms. The van der Waals surface area contributed by atoms with Crippen LogP contribution in [0.3, 0.4) is 0 Å². The predicted molar refractivity (Wildman–Crippen MR) is 140 cm³/mol. The standard InChI is InChI=1S/C29H30ClN3O2/c1-19-15-24(16-20(2)28(19)30)35-14-13-32-26-12-8-7-11-25(26)31-29(32)23-17-27(34)33(18-23)21(3)22-9-5-4-6-10-22/h4-12,15-16,21,23H,13-14,17-18H2,1-3H3. The number of carbonyl (C=O) groups excluding carboxylic acids is 1. The van der Waals surface area contributed by atoms with Crippen molar-refractivity contribution in [3.63, 3.8) is 0 Å². The Kier molecular flexibility index (Phi) is 6.52. The Morgan fingerprint density at radius 3 is 2.49 bits per heavy atom. The van der Waals surface area contributed by atoms with Crippen LogP contribution in [0.15, 0.2) is 66.7 Å². The number of halogens is 1. The zero-order valence-electron chi connectivity index (χ0n) is 20.4. The van der Waals surface area contributed by atoms with E-state index in [1.54, 1.807) is 0 Å². The Hall–Kier alpha value is -3.31. The molecular formula is C29H30ClN3O2. The average Bonchev–Trinajstić information content (AvgIpc) is 3.43. The van der Waals surface area contributed by atoms with Gasteiger partial charge in [-0.2, -0.15) is 0 Å². The van der Waals surface area contributed by atoms with Crippen molar-refractivity contribution in [2.75, 3.05) is 13.2 Å². The lowest BCUT2D eigenvalue weighted by molar-refractivity contribution is -0.129. The summed E-state index contributed by atoms with van der Waals surface area (Å²) >= 11 is 6.31. The highest BCUT2D eigenvalue weighted by atomic mass is 35.5. The van der Waals surface area contributed by atoms with E-state index in [0.717, 1.165) is 44.3 Å². The van der Waals surface area contributed by atoms with Crippen LogP contribution in [0.2, 0.25) is 5.02 Å². The van der Waals surface area contributed by atoms with Crippen LogP contribution in [0.5, 0.6) is 5.75 Å². The highest BCUT2D eigenvalue weighted by Gasteiger charge is 2.36. The van der Waals surface area contributed by atoms with Crippen molar-refractivity contribution in [1.82, 2.24) is 14.5 Å². The highest BCUT2D eigenvalue weighted by Crippen LogP contribution is 2.35. The van der Waals surface area contributed by atoms with E-state index in [0.29, 0.717) is 26.1 Å². The first kappa shape index (κ1) is 23.4. The van der Waals surface area contributed by atoms with Gasteiger partial charge in [0.2, 0.25) is 5.91 Å². The summed E-state index contributed by atoms with van der Waals surface area (Å²) in [6.45, 7) is 7.89. The normalized spacial score (nSPS) is 16.7. The third-order valence-corrected chi connectivity index (χ3v) is 7.55. The van der Waals surface area contributed by atoms with Gasteiger partial charge in [-0.1, -0.05) is 54.1 Å². The molecule has 1 aromatic heterocycles. The summed E-state index contributed by atoms with van der Waals surface area (Å²) in [6, 6.07) is 22.3. The maximum atomic E-state index is 13.0. The molecule has 2 heterocycles. The minimum atomic E-state index is 0.0336. The molecule has 35 heavy (non-hydrogen) atoms. The summed E-state index contributed by atoms with van der Waals surface area (Å²) < 4.78 is 8.34. The van der Waals surface area contributed by atoms with Gasteiger partial charge in [0.15, 0.2) is 0 Å². The third-order valence-electron chi connectivity index (χ3n) is 6.95. The summed E-state index contributed by atoms with van der Waals surface area (Å²) in [6.07, 6.45) is 0.469. The van der Waals surface area contributed by atoms with Crippen molar-refractivity contribution in [1.29, 1.82) is 0 Å². The fraction of sp³-hybridized carbons (Fsp3) is 0.310. The third kappa shape index (κ3) is 4.65. The number of aromatic nitrogens is 2. The second-order valence-corrected chi connectivity index (χ2v) is 9.74. The first-order valence-electron chi connectivity index (χ1n) is 12.1. The van der Waals surface area contributed by atoms with Crippen LogP contribution in [0, 0.1) is 13.8 Å². The lowest BCUT2D eigenvalue weighted by atomic mass is 10.1. The fourth-order valence-corrected chi connectivity index (χ4v) is 5.18. The zero-order valence-corrected chi connectivity index (χ0v) is 21.1. The maximum absolute atomic E-state index is 13.0. The second kappa shape index (κ2) is 9.74. The minimum Gasteiger partial charge on any atom is -0.492 e. The van der Waals surface area contributed by atoms with E-state index < -0.39 is 0 Å². The van der Waals surface area contributed by atoms with Crippen molar-refractivity contribution < 1.29 is 9.53 Å². The second-order valence-electron chi connectivity index (χ2n) is 9.36. The topological polar surface area (TPSA) is 47.4 Å². The molecule has 3 aromatic carbocycles. The predicted octanol–water partition coefficient (Wildman–Crippen LogP) is 6.46. The zero-order chi connectivity index (χ0) is 24.5. The van der Waals surface area contributed by atoms with Gasteiger partial charge in [-0.3, -0.25) is 4.79 Å². The summed E-state index contributed by atoms with van der Waals surface area (Å²) in [5.74, 6) is 1.98. The van der Waals surface area contributed by atoms with Gasteiger partial charge in [-0.15, -0.1) is 0 Å². The smallest absolute Gasteiger partial charge is 0.223 e. The molecule has 5 rings (SSSR count). The van der Waals surface area contributed by atoms with Crippen molar-refractivity contribution in [3.05, 3.63) is 94.3 Å². The van der Waals surface area contributed by atoms with Crippen molar-refractivity contribution >= 4 is 28.5 Å². The monoisotopic (exact) mass is 487 g/mol. The van der Waals surface area contributed by atoms with E-state index in [2.05, 4.69) is 29.7 Å². The van der Waals surface area contributed by atoms with Crippen LogP contribution < -0.4 is 4.74 Å². The van der Waals surface area contributed by atoms with E-state index >= 15 is 0 Å². The first-order valence-corrected chi connectivity index (χ1v) is 12.5. The van der Waals surface area contributed by atoms with Gasteiger partial charge < -0.3 is 14.2 Å². The van der Waals surface area contributed by atoms with E-state index in [1.807, 2.05) is 67.3 Å². The number of carbonyl (C=O) groups is 1. The van der Waals surface area contributed by atoms with Gasteiger partial charge in [0.25, 0.3) is 0 Å². The summed E-state index contributed by atoms with van der Waals surface area (Å²) in [7, 11) is 0. The Morgan fingerprint density at radius 1 is 1.06 bits per heavy atom. The molecule has 180 valence electrons. The number of rotatable bonds is 7. The molecule has 1 amide bonds. The first-order chi connectivity index (χ1) is 16.9. The molecule has 1 saturated heterocycles. The van der Waals surface area contributed by atoms with Gasteiger partial charge in [-0.05, 0) is 61.7 Å². The van der Waals surface area contributed by atoms with Crippen LogP contribution in [-0.2, 0) is 11.3 Å². The quantitative estimate of drug-likeness (QED) is 0.300. The maximum Gasteiger partial charge on any atom is 0.223 e. The Bertz CT molecular complexity index is 1340. The van der Waals surface area contributed by atoms with Gasteiger partial charge >= 0.3 is 0 Å². The molecule has 0 saturated carbocycles. The molecule has 0 radical (unpaired) electrons. The molecular weight excluding hydrogens is 458 g/mol. The van der Waals surface area contributed by atoms with E-state index in [4.69, 9.17) is 21.3 Å². The van der Waals surface area contributed by atoms with Gasteiger partial charge in [0.1, 0.15) is 18.2 Å². The molecule has 5 nitrogen and oxygen atoms in total. The lowest BCUT2D eigenvalue weighted by Gasteiger charge is -2.25. The van der Waals surface area contributed by atoms with Gasteiger partial charge in [-0.25, -0.2) is 4.98 Å². The molecule has 0 N–H and O–H groups in total. The number of hydrogen-bond acceptors (Lipinski definition) is 3. The average molecular weight is 488 g/mol. The molecule has 0 bridgehead atoms. The highest BCUT2D eigenvalue weighted by molar-refractivity contribution is 6.32. The molecule has 1 aliphatic rings. The van der Waals surface area contributed by atoms with E-state index in [9.17, 15) is 4.79 Å². The van der Waals surface area contributed by atoms with Crippen molar-refractivity contribution in [2.45, 2.75) is 45.7 Å². The van der Waals surface area contributed by atoms with Crippen LogP contribution in [0.1, 0.15) is 47.8 Å². The molecule has 6 heteroatoms. The molecule has 1 fully saturated rings. The molecule has 2 unspecified atom stereocenters. The number of nitrogens with zero attached hydrogens (tertiary/aromatic N) is 3. The number of para-hydroxylation sites is 2. The lowest BCUT2D eigenvalue weighted by Crippen LogP contribution is -2.28. The summed E-state index contributed by atoms with van der Waals surface area (Å²) in [4.78, 5) is 20.0. The summed E-state index contributed by atoms with van der Waals surface area (Å²) in [5.41, 5.74) is 5.18. The SMILES string of the molecule is Cc1cc(OCCn2c(C3CC(=O)N(C(C)c4ccccc4)C3)nc3ccccc32)cc(C)c1Cl. The van der Waals surface area contributed by atoms with Gasteiger partial charge in [0, 0.05) is 23.9 Å².